The topological polar surface area (TPSA) is 290 Å². The van der Waals surface area contributed by atoms with Crippen LogP contribution in [0.25, 0.3) is 0 Å². The summed E-state index contributed by atoms with van der Waals surface area (Å²) in [4.78, 5) is 14.1. The third-order valence-corrected chi connectivity index (χ3v) is 16.2. The van der Waals surface area contributed by atoms with Gasteiger partial charge in [-0.1, -0.05) is 68.4 Å². The molecular weight excluding hydrogens is 1020 g/mol. The summed E-state index contributed by atoms with van der Waals surface area (Å²) in [5, 5.41) is 92.4. The van der Waals surface area contributed by atoms with E-state index in [0.717, 1.165) is 5.57 Å². The van der Waals surface area contributed by atoms with E-state index in [2.05, 4.69) is 0 Å². The Balaban J connectivity index is 1.36. The number of hydrogen-bond acceptors (Lipinski definition) is 21. The highest BCUT2D eigenvalue weighted by Crippen LogP contribution is 2.43. The summed E-state index contributed by atoms with van der Waals surface area (Å²) in [6.45, 7) is 17.2. The van der Waals surface area contributed by atoms with E-state index in [0.29, 0.717) is 12.0 Å². The van der Waals surface area contributed by atoms with Gasteiger partial charge in [0.25, 0.3) is 0 Å². The lowest BCUT2D eigenvalue weighted by Crippen LogP contribution is -2.66. The number of esters is 1. The average Bonchev–Trinajstić information content (AvgIpc) is 3.44. The Hall–Kier alpha value is -2.59. The molecule has 4 fully saturated rings. The summed E-state index contributed by atoms with van der Waals surface area (Å²) < 4.78 is 71.8. The highest BCUT2D eigenvalue weighted by Gasteiger charge is 2.57. The summed E-state index contributed by atoms with van der Waals surface area (Å²) in [5.41, 5.74) is 0.141. The molecular formula is C57H94O21. The molecule has 5 aliphatic heterocycles. The summed E-state index contributed by atoms with van der Waals surface area (Å²) in [6, 6.07) is 0. The van der Waals surface area contributed by atoms with Crippen LogP contribution in [0, 0.1) is 17.8 Å². The van der Waals surface area contributed by atoms with Gasteiger partial charge in [-0.15, -0.1) is 0 Å². The Morgan fingerprint density at radius 3 is 2.09 bits per heavy atom. The number of aliphatic hydroxyl groups excluding tert-OH is 6. The molecule has 0 radical (unpaired) electrons. The van der Waals surface area contributed by atoms with Gasteiger partial charge in [-0.2, -0.15) is 0 Å². The zero-order valence-corrected chi connectivity index (χ0v) is 48.2. The van der Waals surface area contributed by atoms with Gasteiger partial charge in [0.15, 0.2) is 18.9 Å². The molecule has 0 saturated carbocycles. The van der Waals surface area contributed by atoms with E-state index in [1.807, 2.05) is 38.2 Å². The van der Waals surface area contributed by atoms with Crippen molar-refractivity contribution in [2.75, 3.05) is 35.0 Å². The Morgan fingerprint density at radius 2 is 1.45 bits per heavy atom. The number of carbonyl (C=O) groups is 1. The minimum atomic E-state index is -2.54. The van der Waals surface area contributed by atoms with Crippen LogP contribution in [-0.2, 0) is 61.6 Å². The third kappa shape index (κ3) is 16.8. The predicted molar refractivity (Wildman–Crippen MR) is 283 cm³/mol. The molecule has 8 N–H and O–H groups in total. The first-order valence-corrected chi connectivity index (χ1v) is 27.5. The van der Waals surface area contributed by atoms with Crippen molar-refractivity contribution >= 4 is 5.97 Å². The number of allylic oxidation sites excluding steroid dienone is 7. The first kappa shape index (κ1) is 66.2. The standard InChI is InChI=1S/C57H94O21/c1-29-17-16-20-39(58)42(68-12)25-44(75-54(64)32(4)23-30(2)18-15-19-31(3)40(22-21-29)76-55-50(62)49(61)51(70-14)36(8)73-55)52(63)57(66)34(6)47(59)33(5)41(78-57)24-38(28-67-11)74-46-27-56(10,65)53(37(9)72-46)77-45-26-43(69-13)48(60)35(7)71-45/h15,17-19,21-23,31,33-53,55,58-63,65-66H,16,20,24-28H2,1-14H3. The molecule has 21 nitrogen and oxygen atoms in total. The van der Waals surface area contributed by atoms with E-state index in [1.165, 1.54) is 42.3 Å². The van der Waals surface area contributed by atoms with Crippen LogP contribution in [0.15, 0.2) is 59.3 Å². The quantitative estimate of drug-likeness (QED) is 0.109. The monoisotopic (exact) mass is 1110 g/mol. The molecule has 4 saturated heterocycles. The van der Waals surface area contributed by atoms with Crippen molar-refractivity contribution in [2.24, 2.45) is 17.8 Å². The van der Waals surface area contributed by atoms with Gasteiger partial charge in [-0.05, 0) is 67.4 Å². The summed E-state index contributed by atoms with van der Waals surface area (Å²) in [7, 11) is 5.79. The molecule has 25 unspecified atom stereocenters. The van der Waals surface area contributed by atoms with Gasteiger partial charge in [-0.25, -0.2) is 4.79 Å². The lowest BCUT2D eigenvalue weighted by Gasteiger charge is -2.51. The molecule has 0 aromatic carbocycles. The van der Waals surface area contributed by atoms with Crippen molar-refractivity contribution in [1.82, 2.24) is 0 Å². The van der Waals surface area contributed by atoms with Crippen LogP contribution in [0.4, 0.5) is 0 Å². The van der Waals surface area contributed by atoms with Crippen molar-refractivity contribution < 1.29 is 102 Å². The van der Waals surface area contributed by atoms with Crippen LogP contribution in [0.1, 0.15) is 108 Å². The van der Waals surface area contributed by atoms with Gasteiger partial charge in [0.2, 0.25) is 5.79 Å². The molecule has 0 aromatic heterocycles. The maximum Gasteiger partial charge on any atom is 0.334 e. The number of rotatable bonds is 15. The molecule has 0 spiro atoms. The molecule has 5 rings (SSSR count). The summed E-state index contributed by atoms with van der Waals surface area (Å²) in [5.74, 6) is -5.44. The van der Waals surface area contributed by atoms with Crippen LogP contribution < -0.4 is 0 Å². The van der Waals surface area contributed by atoms with E-state index < -0.39 is 152 Å². The summed E-state index contributed by atoms with van der Waals surface area (Å²) in [6.07, 6.45) is -6.64. The van der Waals surface area contributed by atoms with Crippen molar-refractivity contribution in [3.05, 3.63) is 59.3 Å². The lowest BCUT2D eigenvalue weighted by molar-refractivity contribution is -0.366. The van der Waals surface area contributed by atoms with Gasteiger partial charge in [0, 0.05) is 77.4 Å². The van der Waals surface area contributed by atoms with Crippen LogP contribution in [0.3, 0.4) is 0 Å². The van der Waals surface area contributed by atoms with Gasteiger partial charge in [-0.3, -0.25) is 0 Å². The smallest absolute Gasteiger partial charge is 0.334 e. The summed E-state index contributed by atoms with van der Waals surface area (Å²) >= 11 is 0. The maximum atomic E-state index is 14.1. The SMILES string of the molecule is COCC(CC1OC(O)(C(O)C2CC(OC)C(O)CCC=C(C)C=CC(OC3OC(C)C(OC)C(O)C3O)C(C)C=CC=C(C)C=C(C)C(=O)O2)C(C)C(O)C1C)OC1CC(C)(O)C(OC2CC(OC)C(O)C(C)O2)C(C)O1. The highest BCUT2D eigenvalue weighted by atomic mass is 16.7. The van der Waals surface area contributed by atoms with E-state index in [-0.39, 0.29) is 50.2 Å². The van der Waals surface area contributed by atoms with Crippen molar-refractivity contribution in [3.8, 4) is 0 Å². The van der Waals surface area contributed by atoms with Crippen LogP contribution in [-0.4, -0.2) is 216 Å². The van der Waals surface area contributed by atoms with Crippen molar-refractivity contribution in [2.45, 2.75) is 242 Å². The minimum absolute atomic E-state index is 0.00790. The molecule has 78 heavy (non-hydrogen) atoms. The first-order chi connectivity index (χ1) is 36.7. The molecule has 25 atom stereocenters. The highest BCUT2D eigenvalue weighted by molar-refractivity contribution is 5.88. The third-order valence-electron chi connectivity index (χ3n) is 16.2. The lowest BCUT2D eigenvalue weighted by atomic mass is 9.76. The van der Waals surface area contributed by atoms with E-state index in [1.54, 1.807) is 59.8 Å². The fourth-order valence-electron chi connectivity index (χ4n) is 11.2. The van der Waals surface area contributed by atoms with Crippen molar-refractivity contribution in [3.63, 3.8) is 0 Å². The van der Waals surface area contributed by atoms with E-state index >= 15 is 0 Å². The molecule has 448 valence electrons. The molecule has 0 amide bonds. The second-order valence-electron chi connectivity index (χ2n) is 22.5. The molecule has 21 heteroatoms. The normalized spacial score (nSPS) is 43.9. The number of carbonyl (C=O) groups excluding carboxylic acids is 1. The Kier molecular flexibility index (Phi) is 25.1. The fraction of sp³-hybridized carbons (Fsp3) is 0.807. The van der Waals surface area contributed by atoms with Crippen LogP contribution in [0.2, 0.25) is 0 Å². The Morgan fingerprint density at radius 1 is 0.769 bits per heavy atom. The zero-order valence-electron chi connectivity index (χ0n) is 48.2. The van der Waals surface area contributed by atoms with Crippen molar-refractivity contribution in [1.29, 1.82) is 0 Å². The van der Waals surface area contributed by atoms with Gasteiger partial charge < -0.3 is 97.7 Å². The zero-order chi connectivity index (χ0) is 58.0. The Bertz CT molecular complexity index is 2030. The molecule has 0 bridgehead atoms. The molecule has 0 aliphatic carbocycles. The maximum absolute atomic E-state index is 14.1. The van der Waals surface area contributed by atoms with E-state index in [9.17, 15) is 45.6 Å². The second-order valence-corrected chi connectivity index (χ2v) is 22.5. The number of methoxy groups -OCH3 is 4. The fourth-order valence-corrected chi connectivity index (χ4v) is 11.2. The molecule has 5 heterocycles. The average molecular weight is 1120 g/mol. The number of ether oxygens (including phenoxy) is 12. The largest absolute Gasteiger partial charge is 0.456 e. The number of hydrogen-bond donors (Lipinski definition) is 8. The molecule has 0 aromatic rings. The van der Waals surface area contributed by atoms with Gasteiger partial charge >= 0.3 is 5.97 Å². The van der Waals surface area contributed by atoms with Crippen LogP contribution in [0.5, 0.6) is 0 Å². The number of cyclic esters (lactones) is 1. The number of aliphatic hydroxyl groups is 8. The second kappa shape index (κ2) is 29.6. The van der Waals surface area contributed by atoms with Crippen LogP contribution >= 0.6 is 0 Å². The first-order valence-electron chi connectivity index (χ1n) is 27.5. The Labute approximate surface area is 461 Å². The minimum Gasteiger partial charge on any atom is -0.456 e. The van der Waals surface area contributed by atoms with Gasteiger partial charge in [0.1, 0.15) is 42.7 Å². The molecule has 5 aliphatic rings. The van der Waals surface area contributed by atoms with Gasteiger partial charge in [0.05, 0.1) is 73.2 Å². The predicted octanol–water partition coefficient (Wildman–Crippen LogP) is 3.20. The van der Waals surface area contributed by atoms with E-state index in [4.69, 9.17) is 56.8 Å².